The fourth-order valence-electron chi connectivity index (χ4n) is 2.13. The number of guanidine groups is 1. The number of nitrogens with two attached hydrogens (primary N) is 2. The van der Waals surface area contributed by atoms with Crippen molar-refractivity contribution in [3.8, 4) is 0 Å². The zero-order chi connectivity index (χ0) is 13.7. The zero-order valence-corrected chi connectivity index (χ0v) is 12.2. The summed E-state index contributed by atoms with van der Waals surface area (Å²) in [6.45, 7) is 3.12. The normalized spacial score (nSPS) is 17.0. The molecule has 6 heteroatoms. The Balaban J connectivity index is 2.12. The van der Waals surface area contributed by atoms with Crippen LogP contribution in [0, 0.1) is 0 Å². The molecule has 0 aromatic carbocycles. The van der Waals surface area contributed by atoms with Gasteiger partial charge in [-0.1, -0.05) is 24.7 Å². The summed E-state index contributed by atoms with van der Waals surface area (Å²) in [7, 11) is 0. The molecule has 1 aromatic rings. The molecule has 0 aliphatic heterocycles. The van der Waals surface area contributed by atoms with Gasteiger partial charge in [-0.15, -0.1) is 0 Å². The topological polar surface area (TPSA) is 89.6 Å². The molecule has 0 fully saturated rings. The zero-order valence-electron chi connectivity index (χ0n) is 11.4. The van der Waals surface area contributed by atoms with Crippen molar-refractivity contribution in [2.24, 2.45) is 21.5 Å². The number of fused-ring (bicyclic) bond motifs is 1. The summed E-state index contributed by atoms with van der Waals surface area (Å²) >= 11 is 1.59. The Labute approximate surface area is 117 Å². The van der Waals surface area contributed by atoms with Gasteiger partial charge in [0.1, 0.15) is 0 Å². The number of aromatic nitrogens is 1. The second-order valence-electron chi connectivity index (χ2n) is 4.73. The summed E-state index contributed by atoms with van der Waals surface area (Å²) in [5, 5.41) is 0.666. The minimum absolute atomic E-state index is 0.0701. The van der Waals surface area contributed by atoms with Crippen LogP contribution in [0.5, 0.6) is 0 Å². The molecule has 0 unspecified atom stereocenters. The standard InChI is InChI=1S/C13H21N5S/c1-2-3-7-16-9-5-4-6-11-10(8-9)17-13(19-11)18-12(14)15/h2-8H2,1H3,(H4,14,15,17,18). The van der Waals surface area contributed by atoms with Crippen molar-refractivity contribution in [2.45, 2.75) is 45.4 Å². The molecule has 19 heavy (non-hydrogen) atoms. The van der Waals surface area contributed by atoms with Crippen LogP contribution < -0.4 is 11.5 Å². The van der Waals surface area contributed by atoms with E-state index in [9.17, 15) is 0 Å². The number of aryl methyl sites for hydroxylation is 1. The number of thiazole rings is 1. The van der Waals surface area contributed by atoms with E-state index in [-0.39, 0.29) is 5.96 Å². The quantitative estimate of drug-likeness (QED) is 0.383. The van der Waals surface area contributed by atoms with Crippen LogP contribution in [-0.2, 0) is 12.8 Å². The molecule has 0 spiro atoms. The lowest BCUT2D eigenvalue weighted by atomic mass is 10.1. The molecular formula is C13H21N5S. The Bertz CT molecular complexity index is 485. The van der Waals surface area contributed by atoms with Crippen LogP contribution in [0.3, 0.4) is 0 Å². The molecule has 0 bridgehead atoms. The van der Waals surface area contributed by atoms with Crippen LogP contribution in [0.1, 0.15) is 43.2 Å². The van der Waals surface area contributed by atoms with E-state index >= 15 is 0 Å². The number of hydrogen-bond donors (Lipinski definition) is 2. The smallest absolute Gasteiger partial charge is 0.212 e. The number of rotatable bonds is 4. The number of nitrogens with zero attached hydrogens (tertiary/aromatic N) is 3. The molecule has 4 N–H and O–H groups in total. The predicted molar refractivity (Wildman–Crippen MR) is 81.4 cm³/mol. The summed E-state index contributed by atoms with van der Waals surface area (Å²) in [5.41, 5.74) is 13.2. The Kier molecular flexibility index (Phi) is 4.90. The van der Waals surface area contributed by atoms with Crippen molar-refractivity contribution in [1.82, 2.24) is 4.98 Å². The first kappa shape index (κ1) is 14.0. The highest BCUT2D eigenvalue weighted by molar-refractivity contribution is 7.15. The number of unbranched alkanes of at least 4 members (excludes halogenated alkanes) is 1. The van der Waals surface area contributed by atoms with Crippen LogP contribution in [0.4, 0.5) is 5.13 Å². The summed E-state index contributed by atoms with van der Waals surface area (Å²) in [4.78, 5) is 14.6. The van der Waals surface area contributed by atoms with Gasteiger partial charge in [0.05, 0.1) is 5.69 Å². The maximum absolute atomic E-state index is 5.39. The van der Waals surface area contributed by atoms with Gasteiger partial charge < -0.3 is 11.5 Å². The predicted octanol–water partition coefficient (Wildman–Crippen LogP) is 2.17. The van der Waals surface area contributed by atoms with Gasteiger partial charge in [-0.05, 0) is 25.7 Å². The Morgan fingerprint density at radius 1 is 1.37 bits per heavy atom. The molecule has 0 saturated carbocycles. The minimum Gasteiger partial charge on any atom is -0.370 e. The van der Waals surface area contributed by atoms with E-state index in [0.29, 0.717) is 5.13 Å². The molecule has 104 valence electrons. The molecule has 1 heterocycles. The van der Waals surface area contributed by atoms with Gasteiger partial charge in [0, 0.05) is 23.6 Å². The van der Waals surface area contributed by atoms with Crippen molar-refractivity contribution in [2.75, 3.05) is 6.54 Å². The van der Waals surface area contributed by atoms with Crippen molar-refractivity contribution in [3.05, 3.63) is 10.6 Å². The summed E-state index contributed by atoms with van der Waals surface area (Å²) < 4.78 is 0. The van der Waals surface area contributed by atoms with E-state index in [1.165, 1.54) is 17.0 Å². The maximum Gasteiger partial charge on any atom is 0.212 e. The summed E-state index contributed by atoms with van der Waals surface area (Å²) in [5.74, 6) is 0.0701. The van der Waals surface area contributed by atoms with Crippen LogP contribution in [0.2, 0.25) is 0 Å². The number of aliphatic imine (C=N–C) groups is 2. The van der Waals surface area contributed by atoms with Gasteiger partial charge in [-0.2, -0.15) is 4.99 Å². The lowest BCUT2D eigenvalue weighted by Gasteiger charge is -2.01. The SMILES string of the molecule is CCCCN=C1CCCc2sc(N=C(N)N)nc2C1. The molecule has 1 aromatic heterocycles. The highest BCUT2D eigenvalue weighted by Gasteiger charge is 2.17. The van der Waals surface area contributed by atoms with Crippen molar-refractivity contribution in [1.29, 1.82) is 0 Å². The van der Waals surface area contributed by atoms with E-state index in [2.05, 4.69) is 16.9 Å². The molecule has 0 amide bonds. The molecule has 0 atom stereocenters. The second kappa shape index (κ2) is 6.65. The van der Waals surface area contributed by atoms with Gasteiger partial charge in [0.2, 0.25) is 5.13 Å². The van der Waals surface area contributed by atoms with Gasteiger partial charge in [0.15, 0.2) is 5.96 Å². The Hall–Kier alpha value is -1.43. The molecule has 2 rings (SSSR count). The van der Waals surface area contributed by atoms with Gasteiger partial charge in [-0.3, -0.25) is 4.99 Å². The second-order valence-corrected chi connectivity index (χ2v) is 5.80. The number of hydrogen-bond acceptors (Lipinski definition) is 4. The first-order chi connectivity index (χ1) is 9.19. The first-order valence-corrected chi connectivity index (χ1v) is 7.61. The van der Waals surface area contributed by atoms with Crippen molar-refractivity contribution >= 4 is 28.1 Å². The van der Waals surface area contributed by atoms with E-state index in [1.807, 2.05) is 0 Å². The first-order valence-electron chi connectivity index (χ1n) is 6.79. The van der Waals surface area contributed by atoms with E-state index in [1.54, 1.807) is 11.3 Å². The van der Waals surface area contributed by atoms with Crippen LogP contribution in [0.15, 0.2) is 9.98 Å². The monoisotopic (exact) mass is 279 g/mol. The average molecular weight is 279 g/mol. The van der Waals surface area contributed by atoms with Gasteiger partial charge in [-0.25, -0.2) is 4.98 Å². The summed E-state index contributed by atoms with van der Waals surface area (Å²) in [6, 6.07) is 0. The van der Waals surface area contributed by atoms with Gasteiger partial charge >= 0.3 is 0 Å². The maximum atomic E-state index is 5.39. The third-order valence-corrected chi connectivity index (χ3v) is 4.13. The highest BCUT2D eigenvalue weighted by Crippen LogP contribution is 2.29. The fourth-order valence-corrected chi connectivity index (χ4v) is 3.14. The lowest BCUT2D eigenvalue weighted by molar-refractivity contribution is 0.799. The van der Waals surface area contributed by atoms with Crippen molar-refractivity contribution in [3.63, 3.8) is 0 Å². The lowest BCUT2D eigenvalue weighted by Crippen LogP contribution is -2.21. The van der Waals surface area contributed by atoms with E-state index in [0.717, 1.165) is 44.3 Å². The average Bonchev–Trinajstić information content (AvgIpc) is 2.60. The Morgan fingerprint density at radius 2 is 2.21 bits per heavy atom. The third kappa shape index (κ3) is 4.02. The molecule has 0 saturated heterocycles. The third-order valence-electron chi connectivity index (χ3n) is 3.08. The van der Waals surface area contributed by atoms with E-state index < -0.39 is 0 Å². The van der Waals surface area contributed by atoms with Crippen LogP contribution >= 0.6 is 11.3 Å². The largest absolute Gasteiger partial charge is 0.370 e. The van der Waals surface area contributed by atoms with Crippen molar-refractivity contribution < 1.29 is 0 Å². The van der Waals surface area contributed by atoms with Crippen LogP contribution in [-0.4, -0.2) is 23.2 Å². The summed E-state index contributed by atoms with van der Waals surface area (Å²) in [6.07, 6.45) is 6.49. The highest BCUT2D eigenvalue weighted by atomic mass is 32.1. The molecule has 0 radical (unpaired) electrons. The molecular weight excluding hydrogens is 258 g/mol. The Morgan fingerprint density at radius 3 is 2.95 bits per heavy atom. The molecule has 5 nitrogen and oxygen atoms in total. The van der Waals surface area contributed by atoms with Crippen LogP contribution in [0.25, 0.3) is 0 Å². The van der Waals surface area contributed by atoms with E-state index in [4.69, 9.17) is 16.5 Å². The minimum atomic E-state index is 0.0701. The molecule has 1 aliphatic rings. The molecule has 1 aliphatic carbocycles. The van der Waals surface area contributed by atoms with Gasteiger partial charge in [0.25, 0.3) is 0 Å². The fraction of sp³-hybridized carbons (Fsp3) is 0.615.